The summed E-state index contributed by atoms with van der Waals surface area (Å²) in [5.74, 6) is -0.130. The van der Waals surface area contributed by atoms with Crippen molar-refractivity contribution in [3.63, 3.8) is 0 Å². The third-order valence-electron chi connectivity index (χ3n) is 3.37. The van der Waals surface area contributed by atoms with Gasteiger partial charge >= 0.3 is 5.97 Å². The number of carbonyl (C=O) groups excluding carboxylic acids is 1. The number of hydrogen-bond acceptors (Lipinski definition) is 3. The van der Waals surface area contributed by atoms with Crippen LogP contribution < -0.4 is 0 Å². The zero-order valence-electron chi connectivity index (χ0n) is 12.0. The highest BCUT2D eigenvalue weighted by molar-refractivity contribution is 7.85. The van der Waals surface area contributed by atoms with Crippen molar-refractivity contribution in [3.05, 3.63) is 35.9 Å². The Morgan fingerprint density at radius 2 is 1.79 bits per heavy atom. The van der Waals surface area contributed by atoms with Gasteiger partial charge in [-0.25, -0.2) is 0 Å². The molecule has 0 saturated carbocycles. The highest BCUT2D eigenvalue weighted by Gasteiger charge is 2.26. The largest absolute Gasteiger partial charge is 0.469 e. The van der Waals surface area contributed by atoms with Gasteiger partial charge in [0.2, 0.25) is 0 Å². The molecule has 0 amide bonds. The van der Waals surface area contributed by atoms with Crippen LogP contribution in [0.3, 0.4) is 0 Å². The van der Waals surface area contributed by atoms with Gasteiger partial charge in [0.1, 0.15) is 0 Å². The van der Waals surface area contributed by atoms with Crippen molar-refractivity contribution in [2.75, 3.05) is 12.9 Å². The summed E-state index contributed by atoms with van der Waals surface area (Å²) in [7, 11) is 0.320. The number of esters is 1. The number of carbonyl (C=O) groups is 1. The Bertz CT molecular complexity index is 428. The fourth-order valence-corrected chi connectivity index (χ4v) is 3.32. The first-order valence-electron chi connectivity index (χ1n) is 6.47. The van der Waals surface area contributed by atoms with E-state index in [1.54, 1.807) is 0 Å². The minimum Gasteiger partial charge on any atom is -0.469 e. The van der Waals surface area contributed by atoms with Crippen LogP contribution in [0.1, 0.15) is 32.3 Å². The molecule has 106 valence electrons. The molecule has 0 radical (unpaired) electrons. The Morgan fingerprint density at radius 1 is 1.21 bits per heavy atom. The first kappa shape index (κ1) is 15.9. The second kappa shape index (κ2) is 7.43. The monoisotopic (exact) mass is 282 g/mol. The van der Waals surface area contributed by atoms with Crippen LogP contribution in [-0.4, -0.2) is 28.3 Å². The minimum absolute atomic E-state index is 0.0656. The van der Waals surface area contributed by atoms with Gasteiger partial charge in [0.05, 0.1) is 13.0 Å². The third-order valence-corrected chi connectivity index (χ3v) is 5.41. The van der Waals surface area contributed by atoms with E-state index < -0.39 is 16.7 Å². The van der Waals surface area contributed by atoms with E-state index in [-0.39, 0.29) is 11.2 Å². The van der Waals surface area contributed by atoms with Crippen molar-refractivity contribution < 1.29 is 13.7 Å². The fraction of sp³-hybridized carbons (Fsp3) is 0.533. The first-order chi connectivity index (χ1) is 8.97. The predicted molar refractivity (Wildman–Crippen MR) is 78.5 cm³/mol. The van der Waals surface area contributed by atoms with E-state index in [0.717, 1.165) is 5.56 Å². The van der Waals surface area contributed by atoms with E-state index in [1.807, 2.05) is 51.1 Å². The lowest BCUT2D eigenvalue weighted by atomic mass is 10.0. The summed E-state index contributed by atoms with van der Waals surface area (Å²) in [6, 6.07) is 9.39. The standard InChI is InChI=1S/C15H22O3S/c1-11(2)12(3)19(17)10-14(15(16)18-4)13-8-6-5-7-9-13/h5-9,11-12,14H,10H2,1-4H3. The summed E-state index contributed by atoms with van der Waals surface area (Å²) in [6.07, 6.45) is 0. The van der Waals surface area contributed by atoms with Crippen molar-refractivity contribution in [1.82, 2.24) is 0 Å². The molecular formula is C15H22O3S. The number of methoxy groups -OCH3 is 1. The lowest BCUT2D eigenvalue weighted by Crippen LogP contribution is -2.27. The van der Waals surface area contributed by atoms with E-state index in [2.05, 4.69) is 0 Å². The molecule has 19 heavy (non-hydrogen) atoms. The zero-order valence-corrected chi connectivity index (χ0v) is 12.8. The van der Waals surface area contributed by atoms with Gasteiger partial charge < -0.3 is 4.74 Å². The molecule has 3 unspecified atom stereocenters. The molecule has 0 aliphatic rings. The van der Waals surface area contributed by atoms with Gasteiger partial charge in [0, 0.05) is 21.8 Å². The molecule has 0 saturated heterocycles. The van der Waals surface area contributed by atoms with Crippen LogP contribution in [0.2, 0.25) is 0 Å². The molecule has 0 aliphatic carbocycles. The number of rotatable bonds is 6. The number of ether oxygens (including phenoxy) is 1. The maximum atomic E-state index is 12.3. The van der Waals surface area contributed by atoms with Crippen molar-refractivity contribution in [3.8, 4) is 0 Å². The van der Waals surface area contributed by atoms with E-state index in [0.29, 0.717) is 11.7 Å². The highest BCUT2D eigenvalue weighted by Crippen LogP contribution is 2.21. The molecule has 1 aromatic rings. The van der Waals surface area contributed by atoms with E-state index in [1.165, 1.54) is 7.11 Å². The van der Waals surface area contributed by atoms with Gasteiger partial charge in [-0.15, -0.1) is 0 Å². The van der Waals surface area contributed by atoms with Crippen LogP contribution in [0, 0.1) is 5.92 Å². The molecule has 0 fully saturated rings. The summed E-state index contributed by atoms with van der Waals surface area (Å²) < 4.78 is 17.1. The molecule has 0 spiro atoms. The summed E-state index contributed by atoms with van der Waals surface area (Å²) in [4.78, 5) is 11.9. The van der Waals surface area contributed by atoms with Crippen molar-refractivity contribution >= 4 is 16.8 Å². The molecule has 0 N–H and O–H groups in total. The van der Waals surface area contributed by atoms with Gasteiger partial charge in [0.15, 0.2) is 0 Å². The lowest BCUT2D eigenvalue weighted by Gasteiger charge is -2.19. The van der Waals surface area contributed by atoms with E-state index in [4.69, 9.17) is 4.74 Å². The Kier molecular flexibility index (Phi) is 6.22. The van der Waals surface area contributed by atoms with Crippen molar-refractivity contribution in [1.29, 1.82) is 0 Å². The summed E-state index contributed by atoms with van der Waals surface area (Å²) in [6.45, 7) is 6.04. The molecular weight excluding hydrogens is 260 g/mol. The molecule has 0 aromatic heterocycles. The summed E-state index contributed by atoms with van der Waals surface area (Å²) >= 11 is 0. The predicted octanol–water partition coefficient (Wildman–Crippen LogP) is 2.74. The second-order valence-corrected chi connectivity index (χ2v) is 6.82. The Morgan fingerprint density at radius 3 is 2.26 bits per heavy atom. The van der Waals surface area contributed by atoms with Gasteiger partial charge in [-0.05, 0) is 11.5 Å². The normalized spacial score (nSPS) is 15.8. The second-order valence-electron chi connectivity index (χ2n) is 4.98. The van der Waals surface area contributed by atoms with Gasteiger partial charge in [-0.2, -0.15) is 0 Å². The average molecular weight is 282 g/mol. The minimum atomic E-state index is -1.05. The smallest absolute Gasteiger partial charge is 0.314 e. The van der Waals surface area contributed by atoms with Gasteiger partial charge in [-0.1, -0.05) is 51.1 Å². The molecule has 0 bridgehead atoms. The summed E-state index contributed by atoms with van der Waals surface area (Å²) in [5, 5.41) is 0.0656. The van der Waals surface area contributed by atoms with Crippen LogP contribution in [0.5, 0.6) is 0 Å². The quantitative estimate of drug-likeness (QED) is 0.754. The van der Waals surface area contributed by atoms with Crippen LogP contribution in [0.15, 0.2) is 30.3 Å². The average Bonchev–Trinajstić information content (AvgIpc) is 2.43. The van der Waals surface area contributed by atoms with Crippen molar-refractivity contribution in [2.24, 2.45) is 5.92 Å². The third kappa shape index (κ3) is 4.46. The van der Waals surface area contributed by atoms with Crippen LogP contribution >= 0.6 is 0 Å². The Hall–Kier alpha value is -1.16. The maximum Gasteiger partial charge on any atom is 0.314 e. The van der Waals surface area contributed by atoms with Crippen LogP contribution in [0.25, 0.3) is 0 Å². The highest BCUT2D eigenvalue weighted by atomic mass is 32.2. The number of benzene rings is 1. The molecule has 0 aliphatic heterocycles. The molecule has 3 atom stereocenters. The van der Waals surface area contributed by atoms with E-state index in [9.17, 15) is 9.00 Å². The van der Waals surface area contributed by atoms with Gasteiger partial charge in [0.25, 0.3) is 0 Å². The van der Waals surface area contributed by atoms with Crippen LogP contribution in [0.4, 0.5) is 0 Å². The fourth-order valence-electron chi connectivity index (χ4n) is 1.75. The topological polar surface area (TPSA) is 43.4 Å². The Labute approximate surface area is 117 Å². The molecule has 1 aromatic carbocycles. The van der Waals surface area contributed by atoms with Crippen LogP contribution in [-0.2, 0) is 20.3 Å². The zero-order chi connectivity index (χ0) is 14.4. The van der Waals surface area contributed by atoms with Crippen molar-refractivity contribution in [2.45, 2.75) is 31.9 Å². The SMILES string of the molecule is COC(=O)C(CS(=O)C(C)C(C)C)c1ccccc1. The molecule has 4 heteroatoms. The van der Waals surface area contributed by atoms with E-state index >= 15 is 0 Å². The molecule has 0 heterocycles. The maximum absolute atomic E-state index is 12.3. The summed E-state index contributed by atoms with van der Waals surface area (Å²) in [5.41, 5.74) is 0.860. The first-order valence-corrected chi connectivity index (χ1v) is 7.85. The molecule has 1 rings (SSSR count). The molecule has 3 nitrogen and oxygen atoms in total. The number of hydrogen-bond donors (Lipinski definition) is 0. The lowest BCUT2D eigenvalue weighted by molar-refractivity contribution is -0.141. The Balaban J connectivity index is 2.88. The van der Waals surface area contributed by atoms with Gasteiger partial charge in [-0.3, -0.25) is 9.00 Å².